The van der Waals surface area contributed by atoms with Crippen LogP contribution in [0.15, 0.2) is 0 Å². The van der Waals surface area contributed by atoms with Crippen molar-refractivity contribution in [3.63, 3.8) is 0 Å². The molecule has 8 heteroatoms. The van der Waals surface area contributed by atoms with E-state index in [4.69, 9.17) is 11.6 Å². The van der Waals surface area contributed by atoms with Crippen LogP contribution >= 0.6 is 11.6 Å². The Hall–Kier alpha value is -0.370. The van der Waals surface area contributed by atoms with Crippen LogP contribution in [0.5, 0.6) is 0 Å². The normalized spacial score (nSPS) is 20.2. The fraction of sp³-hybridized carbons (Fsp3) is 0.900. The van der Waals surface area contributed by atoms with Gasteiger partial charge >= 0.3 is 0 Å². The highest BCUT2D eigenvalue weighted by Gasteiger charge is 2.31. The second-order valence-electron chi connectivity index (χ2n) is 4.57. The zero-order chi connectivity index (χ0) is 13.9. The van der Waals surface area contributed by atoms with Gasteiger partial charge in [-0.15, -0.1) is 11.6 Å². The molecule has 1 aliphatic rings. The van der Waals surface area contributed by atoms with E-state index in [1.165, 1.54) is 22.7 Å². The first-order chi connectivity index (χ1) is 8.30. The van der Waals surface area contributed by atoms with Crippen molar-refractivity contribution in [2.24, 2.45) is 5.92 Å². The Morgan fingerprint density at radius 1 is 1.28 bits per heavy atom. The summed E-state index contributed by atoms with van der Waals surface area (Å²) in [7, 11) is -0.367. The fourth-order valence-electron chi connectivity index (χ4n) is 1.75. The molecule has 0 N–H and O–H groups in total. The number of carbonyl (C=O) groups excluding carboxylic acids is 1. The van der Waals surface area contributed by atoms with Crippen LogP contribution in [0, 0.1) is 5.92 Å². The molecule has 6 nitrogen and oxygen atoms in total. The summed E-state index contributed by atoms with van der Waals surface area (Å²) in [5.41, 5.74) is 0. The Bertz CT molecular complexity index is 391. The quantitative estimate of drug-likeness (QED) is 0.676. The topological polar surface area (TPSA) is 60.9 Å². The molecule has 18 heavy (non-hydrogen) atoms. The van der Waals surface area contributed by atoms with Crippen molar-refractivity contribution in [2.75, 3.05) is 46.2 Å². The third-order valence-electron chi connectivity index (χ3n) is 2.99. The summed E-state index contributed by atoms with van der Waals surface area (Å²) in [5.74, 6) is 0.0604. The minimum atomic E-state index is -3.37. The van der Waals surface area contributed by atoms with Gasteiger partial charge in [0.05, 0.1) is 0 Å². The largest absolute Gasteiger partial charge is 0.340 e. The Morgan fingerprint density at radius 3 is 2.17 bits per heavy atom. The van der Waals surface area contributed by atoms with E-state index < -0.39 is 10.2 Å². The Labute approximate surface area is 114 Å². The van der Waals surface area contributed by atoms with Gasteiger partial charge in [-0.05, 0) is 0 Å². The van der Waals surface area contributed by atoms with E-state index >= 15 is 0 Å². The molecule has 1 fully saturated rings. The molecule has 1 amide bonds. The van der Waals surface area contributed by atoms with Crippen LogP contribution in [0.1, 0.15) is 6.92 Å². The van der Waals surface area contributed by atoms with E-state index in [-0.39, 0.29) is 17.7 Å². The molecule has 0 saturated carbocycles. The zero-order valence-electron chi connectivity index (χ0n) is 11.0. The number of alkyl halides is 1. The first kappa shape index (κ1) is 15.7. The van der Waals surface area contributed by atoms with Gasteiger partial charge in [0.1, 0.15) is 0 Å². The van der Waals surface area contributed by atoms with Crippen LogP contribution in [0.25, 0.3) is 0 Å². The molecule has 1 heterocycles. The number of hydrogen-bond donors (Lipinski definition) is 0. The van der Waals surface area contributed by atoms with E-state index in [2.05, 4.69) is 0 Å². The van der Waals surface area contributed by atoms with Crippen LogP contribution in [-0.2, 0) is 15.0 Å². The summed E-state index contributed by atoms with van der Waals surface area (Å²) in [6.45, 7) is 3.29. The first-order valence-electron chi connectivity index (χ1n) is 5.83. The molecule has 0 aromatic carbocycles. The van der Waals surface area contributed by atoms with Gasteiger partial charge in [0.25, 0.3) is 10.2 Å². The molecule has 1 unspecified atom stereocenters. The van der Waals surface area contributed by atoms with Crippen molar-refractivity contribution in [2.45, 2.75) is 6.92 Å². The van der Waals surface area contributed by atoms with Gasteiger partial charge in [-0.3, -0.25) is 4.79 Å². The van der Waals surface area contributed by atoms with Crippen molar-refractivity contribution in [1.82, 2.24) is 13.5 Å². The average molecular weight is 298 g/mol. The van der Waals surface area contributed by atoms with Crippen LogP contribution in [0.2, 0.25) is 0 Å². The monoisotopic (exact) mass is 297 g/mol. The first-order valence-corrected chi connectivity index (χ1v) is 7.76. The predicted octanol–water partition coefficient (Wildman–Crippen LogP) is -0.188. The van der Waals surface area contributed by atoms with Gasteiger partial charge in [0, 0.05) is 52.1 Å². The van der Waals surface area contributed by atoms with Crippen molar-refractivity contribution >= 4 is 27.7 Å². The molecular weight excluding hydrogens is 278 g/mol. The standard InChI is InChI=1S/C10H20ClN3O3S/c1-9(8-11)10(15)13-4-6-14(7-5-13)18(16,17)12(2)3/h9H,4-8H2,1-3H3. The lowest BCUT2D eigenvalue weighted by Gasteiger charge is -2.36. The van der Waals surface area contributed by atoms with Gasteiger partial charge in [-0.2, -0.15) is 17.0 Å². The highest BCUT2D eigenvalue weighted by Crippen LogP contribution is 2.12. The van der Waals surface area contributed by atoms with Crippen molar-refractivity contribution in [3.8, 4) is 0 Å². The average Bonchev–Trinajstić information content (AvgIpc) is 2.36. The van der Waals surface area contributed by atoms with Crippen molar-refractivity contribution < 1.29 is 13.2 Å². The second kappa shape index (κ2) is 6.18. The lowest BCUT2D eigenvalue weighted by molar-refractivity contribution is -0.135. The molecule has 0 aliphatic carbocycles. The molecule has 1 rings (SSSR count). The molecule has 0 bridgehead atoms. The van der Waals surface area contributed by atoms with Crippen molar-refractivity contribution in [1.29, 1.82) is 0 Å². The number of nitrogens with zero attached hydrogens (tertiary/aromatic N) is 3. The SMILES string of the molecule is CC(CCl)C(=O)N1CCN(S(=O)(=O)N(C)C)CC1. The molecule has 0 radical (unpaired) electrons. The van der Waals surface area contributed by atoms with Crippen LogP contribution in [-0.4, -0.2) is 74.0 Å². The second-order valence-corrected chi connectivity index (χ2v) is 7.02. The van der Waals surface area contributed by atoms with E-state index in [1.807, 2.05) is 0 Å². The zero-order valence-corrected chi connectivity index (χ0v) is 12.5. The molecule has 0 aromatic rings. The summed E-state index contributed by atoms with van der Waals surface area (Å²) in [6, 6.07) is 0. The summed E-state index contributed by atoms with van der Waals surface area (Å²) < 4.78 is 26.3. The van der Waals surface area contributed by atoms with E-state index in [1.54, 1.807) is 11.8 Å². The molecule has 0 spiro atoms. The van der Waals surface area contributed by atoms with Gasteiger partial charge in [0.15, 0.2) is 0 Å². The minimum Gasteiger partial charge on any atom is -0.340 e. The van der Waals surface area contributed by atoms with E-state index in [0.717, 1.165) is 0 Å². The number of amides is 1. The molecule has 1 aliphatic heterocycles. The Balaban J connectivity index is 2.59. The summed E-state index contributed by atoms with van der Waals surface area (Å²) >= 11 is 5.65. The van der Waals surface area contributed by atoms with Gasteiger partial charge < -0.3 is 4.90 Å². The minimum absolute atomic E-state index is 0.00750. The molecule has 106 valence electrons. The molecular formula is C10H20ClN3O3S. The van der Waals surface area contributed by atoms with Crippen molar-refractivity contribution in [3.05, 3.63) is 0 Å². The number of carbonyl (C=O) groups is 1. The lowest BCUT2D eigenvalue weighted by Crippen LogP contribution is -2.54. The lowest BCUT2D eigenvalue weighted by atomic mass is 10.2. The fourth-order valence-corrected chi connectivity index (χ4v) is 2.97. The maximum Gasteiger partial charge on any atom is 0.281 e. The van der Waals surface area contributed by atoms with Gasteiger partial charge in [0.2, 0.25) is 5.91 Å². The maximum atomic E-state index is 11.9. The van der Waals surface area contributed by atoms with Crippen LogP contribution in [0.4, 0.5) is 0 Å². The highest BCUT2D eigenvalue weighted by atomic mass is 35.5. The predicted molar refractivity (Wildman–Crippen MR) is 70.6 cm³/mol. The Morgan fingerprint density at radius 2 is 1.78 bits per heavy atom. The van der Waals surface area contributed by atoms with E-state index in [0.29, 0.717) is 26.2 Å². The molecule has 0 aromatic heterocycles. The number of rotatable bonds is 4. The molecule has 1 saturated heterocycles. The third kappa shape index (κ3) is 3.34. The summed E-state index contributed by atoms with van der Waals surface area (Å²) in [4.78, 5) is 13.6. The van der Waals surface area contributed by atoms with Crippen LogP contribution < -0.4 is 0 Å². The summed E-state index contributed by atoms with van der Waals surface area (Å²) in [6.07, 6.45) is 0. The molecule has 1 atom stereocenters. The van der Waals surface area contributed by atoms with Gasteiger partial charge in [-0.25, -0.2) is 0 Å². The maximum absolute atomic E-state index is 11.9. The Kier molecular flexibility index (Phi) is 5.39. The van der Waals surface area contributed by atoms with Gasteiger partial charge in [-0.1, -0.05) is 6.92 Å². The number of hydrogen-bond acceptors (Lipinski definition) is 3. The van der Waals surface area contributed by atoms with E-state index in [9.17, 15) is 13.2 Å². The van der Waals surface area contributed by atoms with Crippen LogP contribution in [0.3, 0.4) is 0 Å². The highest BCUT2D eigenvalue weighted by molar-refractivity contribution is 7.86. The number of halogens is 1. The third-order valence-corrected chi connectivity index (χ3v) is 5.39. The smallest absolute Gasteiger partial charge is 0.281 e. The number of piperazine rings is 1. The summed E-state index contributed by atoms with van der Waals surface area (Å²) in [5, 5.41) is 0.